The molecule has 1 aliphatic rings. The van der Waals surface area contributed by atoms with Gasteiger partial charge in [0.2, 0.25) is 0 Å². The molecule has 1 heteroatoms. The van der Waals surface area contributed by atoms with Crippen molar-refractivity contribution >= 4 is 0 Å². The number of hydrogen-bond acceptors (Lipinski definition) is 0. The van der Waals surface area contributed by atoms with E-state index in [0.717, 1.165) is 5.92 Å². The molecule has 50 valence electrons. The Bertz CT molecular complexity index is 55.6. The number of hydrogen-bond donors (Lipinski definition) is 0. The molecule has 0 amide bonds. The van der Waals surface area contributed by atoms with Gasteiger partial charge in [-0.1, -0.05) is 38.0 Å². The molecule has 0 atom stereocenters. The molecular formula is C8H15Zn-. The smallest absolute Gasteiger partial charge is 0 e. The van der Waals surface area contributed by atoms with Crippen LogP contribution in [0.2, 0.25) is 0 Å². The van der Waals surface area contributed by atoms with Crippen molar-refractivity contribution in [3.8, 4) is 0 Å². The van der Waals surface area contributed by atoms with Crippen LogP contribution in [0.4, 0.5) is 0 Å². The summed E-state index contributed by atoms with van der Waals surface area (Å²) in [5, 5.41) is 0. The Morgan fingerprint density at radius 1 is 1.11 bits per heavy atom. The zero-order valence-electron chi connectivity index (χ0n) is 6.23. The summed E-state index contributed by atoms with van der Waals surface area (Å²) in [6.45, 7) is 3.91. The molecule has 0 aromatic heterocycles. The van der Waals surface area contributed by atoms with Crippen molar-refractivity contribution in [2.45, 2.75) is 38.5 Å². The van der Waals surface area contributed by atoms with Gasteiger partial charge in [-0.2, -0.15) is 6.42 Å². The standard InChI is InChI=1S/C8H15.Zn/c1-2-8-6-4-3-5-7-8;/h8H,1-7H2;/q-1;. The molecule has 0 aromatic rings. The van der Waals surface area contributed by atoms with Crippen molar-refractivity contribution in [3.05, 3.63) is 6.92 Å². The molecule has 0 bridgehead atoms. The van der Waals surface area contributed by atoms with Crippen molar-refractivity contribution in [2.24, 2.45) is 5.92 Å². The summed E-state index contributed by atoms with van der Waals surface area (Å²) in [5.41, 5.74) is 0. The summed E-state index contributed by atoms with van der Waals surface area (Å²) in [6, 6.07) is 0. The maximum atomic E-state index is 3.91. The number of rotatable bonds is 1. The molecule has 9 heavy (non-hydrogen) atoms. The van der Waals surface area contributed by atoms with Gasteiger partial charge in [0.05, 0.1) is 0 Å². The third-order valence-electron chi connectivity index (χ3n) is 2.13. The molecular weight excluding hydrogens is 161 g/mol. The van der Waals surface area contributed by atoms with E-state index in [0.29, 0.717) is 0 Å². The van der Waals surface area contributed by atoms with E-state index >= 15 is 0 Å². The van der Waals surface area contributed by atoms with Crippen LogP contribution in [0.15, 0.2) is 0 Å². The predicted molar refractivity (Wildman–Crippen MR) is 36.5 cm³/mol. The molecule has 1 aliphatic carbocycles. The van der Waals surface area contributed by atoms with Crippen LogP contribution < -0.4 is 0 Å². The Balaban J connectivity index is 0.000000640. The maximum absolute atomic E-state index is 3.91. The van der Waals surface area contributed by atoms with Crippen LogP contribution in [0.5, 0.6) is 0 Å². The molecule has 1 rings (SSSR count). The van der Waals surface area contributed by atoms with Gasteiger partial charge in [-0.15, -0.1) is 0 Å². The molecule has 0 saturated heterocycles. The summed E-state index contributed by atoms with van der Waals surface area (Å²) in [6.07, 6.45) is 8.45. The molecule has 1 saturated carbocycles. The van der Waals surface area contributed by atoms with Gasteiger partial charge in [-0.3, -0.25) is 0 Å². The largest absolute Gasteiger partial charge is 0.343 e. The Morgan fingerprint density at radius 3 is 2.00 bits per heavy atom. The van der Waals surface area contributed by atoms with E-state index in [-0.39, 0.29) is 19.5 Å². The fourth-order valence-corrected chi connectivity index (χ4v) is 1.48. The van der Waals surface area contributed by atoms with E-state index in [1.807, 2.05) is 0 Å². The van der Waals surface area contributed by atoms with Gasteiger partial charge in [0.15, 0.2) is 0 Å². The first-order valence-electron chi connectivity index (χ1n) is 3.72. The Morgan fingerprint density at radius 2 is 1.67 bits per heavy atom. The minimum absolute atomic E-state index is 0. The molecule has 0 aromatic carbocycles. The van der Waals surface area contributed by atoms with Crippen LogP contribution in [0.3, 0.4) is 0 Å². The SMILES string of the molecule is [CH2-]CC1CCCCC1.[Zn]. The van der Waals surface area contributed by atoms with E-state index in [1.54, 1.807) is 0 Å². The van der Waals surface area contributed by atoms with Gasteiger partial charge < -0.3 is 6.92 Å². The summed E-state index contributed by atoms with van der Waals surface area (Å²) in [4.78, 5) is 0. The van der Waals surface area contributed by atoms with Crippen molar-refractivity contribution in [2.75, 3.05) is 0 Å². The van der Waals surface area contributed by atoms with Gasteiger partial charge in [0, 0.05) is 19.5 Å². The van der Waals surface area contributed by atoms with E-state index in [9.17, 15) is 0 Å². The normalized spacial score (nSPS) is 21.0. The van der Waals surface area contributed by atoms with Crippen LogP contribution in [0.1, 0.15) is 38.5 Å². The van der Waals surface area contributed by atoms with Crippen molar-refractivity contribution in [3.63, 3.8) is 0 Å². The van der Waals surface area contributed by atoms with Crippen LogP contribution >= 0.6 is 0 Å². The van der Waals surface area contributed by atoms with Gasteiger partial charge in [0.25, 0.3) is 0 Å². The summed E-state index contributed by atoms with van der Waals surface area (Å²) < 4.78 is 0. The van der Waals surface area contributed by atoms with E-state index in [4.69, 9.17) is 0 Å². The average Bonchev–Trinajstić information content (AvgIpc) is 1.90. The Labute approximate surface area is 71.2 Å². The summed E-state index contributed by atoms with van der Waals surface area (Å²) in [5.74, 6) is 0.976. The molecule has 0 N–H and O–H groups in total. The zero-order chi connectivity index (χ0) is 5.82. The molecule has 0 radical (unpaired) electrons. The average molecular weight is 177 g/mol. The fourth-order valence-electron chi connectivity index (χ4n) is 1.48. The summed E-state index contributed by atoms with van der Waals surface area (Å²) >= 11 is 0. The second-order valence-electron chi connectivity index (χ2n) is 2.79. The molecule has 0 unspecified atom stereocenters. The van der Waals surface area contributed by atoms with Crippen LogP contribution in [-0.4, -0.2) is 0 Å². The van der Waals surface area contributed by atoms with Gasteiger partial charge in [-0.05, 0) is 0 Å². The third kappa shape index (κ3) is 3.35. The van der Waals surface area contributed by atoms with E-state index < -0.39 is 0 Å². The molecule has 0 heterocycles. The Kier molecular flexibility index (Phi) is 5.79. The molecule has 0 spiro atoms. The minimum atomic E-state index is 0. The monoisotopic (exact) mass is 175 g/mol. The second kappa shape index (κ2) is 5.41. The molecule has 0 aliphatic heterocycles. The first kappa shape index (κ1) is 9.62. The quantitative estimate of drug-likeness (QED) is 0.426. The molecule has 1 fully saturated rings. The Hall–Kier alpha value is 0.623. The zero-order valence-corrected chi connectivity index (χ0v) is 9.20. The fraction of sp³-hybridized carbons (Fsp3) is 0.875. The minimum Gasteiger partial charge on any atom is -0.343 e. The van der Waals surface area contributed by atoms with E-state index in [1.165, 1.54) is 38.5 Å². The van der Waals surface area contributed by atoms with Crippen molar-refractivity contribution < 1.29 is 19.5 Å². The topological polar surface area (TPSA) is 0 Å². The van der Waals surface area contributed by atoms with Crippen molar-refractivity contribution in [1.82, 2.24) is 0 Å². The third-order valence-corrected chi connectivity index (χ3v) is 2.13. The van der Waals surface area contributed by atoms with Crippen molar-refractivity contribution in [1.29, 1.82) is 0 Å². The first-order valence-corrected chi connectivity index (χ1v) is 3.72. The first-order chi connectivity index (χ1) is 3.93. The van der Waals surface area contributed by atoms with Gasteiger partial charge in [0.1, 0.15) is 0 Å². The summed E-state index contributed by atoms with van der Waals surface area (Å²) in [7, 11) is 0. The van der Waals surface area contributed by atoms with E-state index in [2.05, 4.69) is 6.92 Å². The molecule has 0 nitrogen and oxygen atoms in total. The van der Waals surface area contributed by atoms with Crippen LogP contribution in [0.25, 0.3) is 0 Å². The predicted octanol–water partition coefficient (Wildman–Crippen LogP) is 2.79. The van der Waals surface area contributed by atoms with Gasteiger partial charge >= 0.3 is 0 Å². The van der Waals surface area contributed by atoms with Crippen LogP contribution in [-0.2, 0) is 19.5 Å². The maximum Gasteiger partial charge on any atom is 0 e. The second-order valence-corrected chi connectivity index (χ2v) is 2.79. The van der Waals surface area contributed by atoms with Crippen LogP contribution in [0, 0.1) is 12.8 Å². The van der Waals surface area contributed by atoms with Gasteiger partial charge in [-0.25, -0.2) is 0 Å².